The number of esters is 2. The summed E-state index contributed by atoms with van der Waals surface area (Å²) in [5, 5.41) is 5.78. The highest BCUT2D eigenvalue weighted by molar-refractivity contribution is 7.99. The second kappa shape index (κ2) is 15.5. The van der Waals surface area contributed by atoms with Gasteiger partial charge in [0.15, 0.2) is 0 Å². The van der Waals surface area contributed by atoms with Gasteiger partial charge in [-0.3, -0.25) is 14.4 Å². The third-order valence-electron chi connectivity index (χ3n) is 5.13. The van der Waals surface area contributed by atoms with Gasteiger partial charge in [-0.05, 0) is 47.6 Å². The summed E-state index contributed by atoms with van der Waals surface area (Å²) in [6.45, 7) is 11.9. The molecule has 1 aromatic carbocycles. The lowest BCUT2D eigenvalue weighted by Gasteiger charge is -2.21. The molecule has 0 spiro atoms. The van der Waals surface area contributed by atoms with Gasteiger partial charge in [0, 0.05) is 25.6 Å². The summed E-state index contributed by atoms with van der Waals surface area (Å²) in [5.41, 5.74) is 0.701. The molecule has 1 aromatic rings. The number of methoxy groups -OCH3 is 1. The number of hydrogen-bond acceptors (Lipinski definition) is 7. The fourth-order valence-electron chi connectivity index (χ4n) is 3.55. The van der Waals surface area contributed by atoms with Crippen LogP contribution in [0.2, 0.25) is 0 Å². The molecule has 2 atom stereocenters. The topological polar surface area (TPSA) is 111 Å². The van der Waals surface area contributed by atoms with Gasteiger partial charge < -0.3 is 20.1 Å². The van der Waals surface area contributed by atoms with Crippen molar-refractivity contribution in [2.24, 2.45) is 11.3 Å². The van der Waals surface area contributed by atoms with E-state index in [0.717, 1.165) is 17.7 Å². The van der Waals surface area contributed by atoms with Crippen LogP contribution in [-0.4, -0.2) is 55.0 Å². The van der Waals surface area contributed by atoms with Gasteiger partial charge in [0.2, 0.25) is 11.8 Å². The first-order valence-electron chi connectivity index (χ1n) is 12.3. The van der Waals surface area contributed by atoms with E-state index in [9.17, 15) is 19.2 Å². The fourth-order valence-corrected chi connectivity index (χ4v) is 4.52. The van der Waals surface area contributed by atoms with E-state index >= 15 is 0 Å². The highest BCUT2D eigenvalue weighted by Crippen LogP contribution is 2.26. The summed E-state index contributed by atoms with van der Waals surface area (Å²) in [6, 6.07) is 6.34. The first-order valence-corrected chi connectivity index (χ1v) is 13.5. The summed E-state index contributed by atoms with van der Waals surface area (Å²) < 4.78 is 9.91. The van der Waals surface area contributed by atoms with Crippen LogP contribution in [0.5, 0.6) is 5.75 Å². The van der Waals surface area contributed by atoms with Crippen LogP contribution in [-0.2, 0) is 23.9 Å². The molecule has 0 bridgehead atoms. The first-order chi connectivity index (χ1) is 16.8. The quantitative estimate of drug-likeness (QED) is 0.215. The first kappa shape index (κ1) is 31.5. The zero-order valence-electron chi connectivity index (χ0n) is 22.6. The molecule has 0 radical (unpaired) electrons. The van der Waals surface area contributed by atoms with Crippen molar-refractivity contribution in [3.05, 3.63) is 29.8 Å². The molecule has 0 aliphatic heterocycles. The molecule has 9 heteroatoms. The van der Waals surface area contributed by atoms with E-state index in [2.05, 4.69) is 24.5 Å². The molecule has 1 rings (SSSR count). The summed E-state index contributed by atoms with van der Waals surface area (Å²) >= 11 is 1.53. The molecule has 0 unspecified atom stereocenters. The van der Waals surface area contributed by atoms with Crippen LogP contribution in [0, 0.1) is 11.3 Å². The van der Waals surface area contributed by atoms with Crippen molar-refractivity contribution in [2.45, 2.75) is 72.8 Å². The molecule has 0 heterocycles. The van der Waals surface area contributed by atoms with Crippen LogP contribution in [0.15, 0.2) is 24.3 Å². The molecule has 0 saturated heterocycles. The van der Waals surface area contributed by atoms with Crippen LogP contribution >= 0.6 is 11.8 Å². The number of benzene rings is 1. The molecule has 2 N–H and O–H groups in total. The van der Waals surface area contributed by atoms with Crippen LogP contribution in [0.4, 0.5) is 0 Å². The summed E-state index contributed by atoms with van der Waals surface area (Å²) in [6.07, 6.45) is 1.74. The number of ether oxygens (including phenoxy) is 2. The predicted molar refractivity (Wildman–Crippen MR) is 143 cm³/mol. The third kappa shape index (κ3) is 13.0. The van der Waals surface area contributed by atoms with E-state index in [-0.39, 0.29) is 29.1 Å². The molecule has 202 valence electrons. The summed E-state index contributed by atoms with van der Waals surface area (Å²) in [7, 11) is 1.31. The van der Waals surface area contributed by atoms with Crippen molar-refractivity contribution in [3.8, 4) is 5.75 Å². The van der Waals surface area contributed by atoms with Gasteiger partial charge in [0.1, 0.15) is 11.8 Å². The minimum atomic E-state index is -0.699. The predicted octanol–water partition coefficient (Wildman–Crippen LogP) is 4.08. The lowest BCUT2D eigenvalue weighted by Crippen LogP contribution is -2.44. The van der Waals surface area contributed by atoms with E-state index in [1.807, 2.05) is 32.9 Å². The molecule has 0 aliphatic rings. The highest BCUT2D eigenvalue weighted by Gasteiger charge is 2.24. The Hall–Kier alpha value is -2.55. The number of carbonyl (C=O) groups is 4. The van der Waals surface area contributed by atoms with Crippen molar-refractivity contribution >= 4 is 35.5 Å². The molecule has 0 saturated carbocycles. The molecular weight excluding hydrogens is 480 g/mol. The monoisotopic (exact) mass is 522 g/mol. The molecule has 0 aromatic heterocycles. The molecule has 2 amide bonds. The van der Waals surface area contributed by atoms with Crippen molar-refractivity contribution < 1.29 is 28.7 Å². The molecule has 0 fully saturated rings. The second-order valence-electron chi connectivity index (χ2n) is 10.4. The lowest BCUT2D eigenvalue weighted by atomic mass is 9.89. The largest absolute Gasteiger partial charge is 0.467 e. The molecular formula is C27H42N2O6S. The highest BCUT2D eigenvalue weighted by atomic mass is 32.2. The zero-order chi connectivity index (χ0) is 27.3. The lowest BCUT2D eigenvalue weighted by molar-refractivity contribution is -0.144. The smallest absolute Gasteiger partial charge is 0.329 e. The number of rotatable bonds is 14. The van der Waals surface area contributed by atoms with Gasteiger partial charge in [-0.2, -0.15) is 11.8 Å². The molecule has 8 nitrogen and oxygen atoms in total. The van der Waals surface area contributed by atoms with Gasteiger partial charge in [-0.1, -0.05) is 46.8 Å². The van der Waals surface area contributed by atoms with E-state index in [1.54, 1.807) is 12.1 Å². The minimum absolute atomic E-state index is 0.0455. The van der Waals surface area contributed by atoms with E-state index < -0.39 is 12.0 Å². The van der Waals surface area contributed by atoms with Crippen LogP contribution in [0.3, 0.4) is 0 Å². The normalized spacial score (nSPS) is 13.0. The number of thioether (sulfide) groups is 1. The Balaban J connectivity index is 2.54. The van der Waals surface area contributed by atoms with Crippen molar-refractivity contribution in [1.82, 2.24) is 10.6 Å². The Morgan fingerprint density at radius 3 is 2.22 bits per heavy atom. The molecule has 0 aliphatic carbocycles. The van der Waals surface area contributed by atoms with E-state index in [0.29, 0.717) is 36.8 Å². The van der Waals surface area contributed by atoms with Crippen LogP contribution in [0.1, 0.15) is 72.3 Å². The van der Waals surface area contributed by atoms with Crippen molar-refractivity contribution in [1.29, 1.82) is 0 Å². The number of carbonyl (C=O) groups excluding carboxylic acids is 4. The van der Waals surface area contributed by atoms with Crippen LogP contribution in [0.25, 0.3) is 0 Å². The van der Waals surface area contributed by atoms with Crippen molar-refractivity contribution in [2.75, 3.05) is 25.2 Å². The minimum Gasteiger partial charge on any atom is -0.467 e. The van der Waals surface area contributed by atoms with Gasteiger partial charge >= 0.3 is 11.9 Å². The number of nitrogens with one attached hydrogen (secondary N) is 2. The number of hydrogen-bond donors (Lipinski definition) is 2. The van der Waals surface area contributed by atoms with E-state index in [4.69, 9.17) is 9.47 Å². The Morgan fingerprint density at radius 2 is 1.69 bits per heavy atom. The van der Waals surface area contributed by atoms with Crippen LogP contribution < -0.4 is 15.4 Å². The van der Waals surface area contributed by atoms with Gasteiger partial charge in [-0.15, -0.1) is 0 Å². The zero-order valence-corrected chi connectivity index (χ0v) is 23.5. The maximum Gasteiger partial charge on any atom is 0.329 e. The van der Waals surface area contributed by atoms with Gasteiger partial charge in [0.05, 0.1) is 13.0 Å². The molecule has 36 heavy (non-hydrogen) atoms. The fraction of sp³-hybridized carbons (Fsp3) is 0.630. The Labute approximate surface area is 219 Å². The summed E-state index contributed by atoms with van der Waals surface area (Å²) in [5.74, 6) is 0.525. The Bertz CT molecular complexity index is 864. The van der Waals surface area contributed by atoms with Gasteiger partial charge in [-0.25, -0.2) is 4.79 Å². The van der Waals surface area contributed by atoms with E-state index in [1.165, 1.54) is 25.8 Å². The van der Waals surface area contributed by atoms with Gasteiger partial charge in [0.25, 0.3) is 0 Å². The second-order valence-corrected chi connectivity index (χ2v) is 11.6. The standard InChI is InChI=1S/C27H42N2O6S/c1-18(2)15-22(20-9-11-21(12-10-20)35-19(3)30)25(32)28-13-8-14-36-17-23(26(33)34-7)29-24(31)16-27(4,5)6/h9-12,18,22-23H,8,13-17H2,1-7H3,(H,28,32)(H,29,31)/t22-,23-/m0/s1. The maximum atomic E-state index is 12.9. The Kier molecular flexibility index (Phi) is 13.6. The maximum absolute atomic E-state index is 12.9. The Morgan fingerprint density at radius 1 is 1.06 bits per heavy atom. The average Bonchev–Trinajstić information content (AvgIpc) is 2.77. The van der Waals surface area contributed by atoms with Crippen molar-refractivity contribution in [3.63, 3.8) is 0 Å². The SMILES string of the molecule is COC(=O)[C@H](CSCCCNC(=O)[C@@H](CC(C)C)c1ccc(OC(C)=O)cc1)NC(=O)CC(C)(C)C. The third-order valence-corrected chi connectivity index (χ3v) is 6.28. The average molecular weight is 523 g/mol. The summed E-state index contributed by atoms with van der Waals surface area (Å²) in [4.78, 5) is 48.4. The number of amides is 2.